The summed E-state index contributed by atoms with van der Waals surface area (Å²) < 4.78 is 5.16. The molecule has 1 fully saturated rings. The van der Waals surface area contributed by atoms with Crippen molar-refractivity contribution in [2.75, 3.05) is 53.0 Å². The van der Waals surface area contributed by atoms with Crippen molar-refractivity contribution in [3.63, 3.8) is 0 Å². The van der Waals surface area contributed by atoms with Gasteiger partial charge in [-0.2, -0.15) is 0 Å². The first-order valence-corrected chi connectivity index (χ1v) is 9.93. The first-order valence-electron chi connectivity index (χ1n) is 9.55. The van der Waals surface area contributed by atoms with Gasteiger partial charge in [0, 0.05) is 39.5 Å². The number of ether oxygens (including phenoxy) is 1. The number of hydrogen-bond donors (Lipinski definition) is 2. The zero-order chi connectivity index (χ0) is 18.6. The quantitative estimate of drug-likeness (QED) is 0.390. The summed E-state index contributed by atoms with van der Waals surface area (Å²) in [5.74, 6) is 1.57. The van der Waals surface area contributed by atoms with Crippen molar-refractivity contribution in [2.24, 2.45) is 10.9 Å². The molecule has 2 heterocycles. The molecule has 1 saturated heterocycles. The maximum atomic E-state index is 5.82. The van der Waals surface area contributed by atoms with Gasteiger partial charge in [0.1, 0.15) is 5.15 Å². The normalized spacial score (nSPS) is 16.7. The van der Waals surface area contributed by atoms with Gasteiger partial charge in [-0.15, -0.1) is 0 Å². The Bertz CT molecular complexity index is 529. The second-order valence-corrected chi connectivity index (χ2v) is 7.05. The van der Waals surface area contributed by atoms with E-state index in [1.807, 2.05) is 18.3 Å². The van der Waals surface area contributed by atoms with E-state index in [2.05, 4.69) is 27.4 Å². The van der Waals surface area contributed by atoms with E-state index in [-0.39, 0.29) is 0 Å². The zero-order valence-corrected chi connectivity index (χ0v) is 16.8. The number of hydrogen-bond acceptors (Lipinski definition) is 4. The summed E-state index contributed by atoms with van der Waals surface area (Å²) in [4.78, 5) is 11.4. The summed E-state index contributed by atoms with van der Waals surface area (Å²) >= 11 is 5.82. The SMILES string of the molecule is CCNC(=NCC1CCN(CCOC)CC1)NCCc1ccc(Cl)nc1. The molecule has 6 nitrogen and oxygen atoms in total. The molecular weight excluding hydrogens is 350 g/mol. The lowest BCUT2D eigenvalue weighted by Crippen LogP contribution is -2.40. The third kappa shape index (κ3) is 7.89. The molecule has 1 aromatic rings. The van der Waals surface area contributed by atoms with E-state index in [4.69, 9.17) is 21.3 Å². The molecule has 0 aliphatic carbocycles. The predicted octanol–water partition coefficient (Wildman–Crippen LogP) is 2.19. The highest BCUT2D eigenvalue weighted by molar-refractivity contribution is 6.29. The Morgan fingerprint density at radius 1 is 1.35 bits per heavy atom. The lowest BCUT2D eigenvalue weighted by atomic mass is 9.97. The molecule has 2 rings (SSSR count). The van der Waals surface area contributed by atoms with Crippen molar-refractivity contribution in [2.45, 2.75) is 26.2 Å². The van der Waals surface area contributed by atoms with Crippen LogP contribution in [0.1, 0.15) is 25.3 Å². The van der Waals surface area contributed by atoms with E-state index in [1.54, 1.807) is 7.11 Å². The Labute approximate surface area is 162 Å². The predicted molar refractivity (Wildman–Crippen MR) is 108 cm³/mol. The Morgan fingerprint density at radius 2 is 2.15 bits per heavy atom. The number of methoxy groups -OCH3 is 1. The van der Waals surface area contributed by atoms with Gasteiger partial charge >= 0.3 is 0 Å². The Balaban J connectivity index is 1.71. The summed E-state index contributed by atoms with van der Waals surface area (Å²) in [5.41, 5.74) is 1.17. The van der Waals surface area contributed by atoms with Gasteiger partial charge in [0.2, 0.25) is 0 Å². The number of rotatable bonds is 9. The van der Waals surface area contributed by atoms with Crippen LogP contribution in [0, 0.1) is 5.92 Å². The molecule has 0 spiro atoms. The molecule has 1 aliphatic rings. The van der Waals surface area contributed by atoms with Gasteiger partial charge in [-0.1, -0.05) is 17.7 Å². The Hall–Kier alpha value is -1.37. The average Bonchev–Trinajstić information content (AvgIpc) is 2.67. The van der Waals surface area contributed by atoms with Crippen LogP contribution in [0.25, 0.3) is 0 Å². The van der Waals surface area contributed by atoms with Crippen LogP contribution in [-0.4, -0.2) is 68.8 Å². The average molecular weight is 382 g/mol. The van der Waals surface area contributed by atoms with Gasteiger partial charge in [-0.3, -0.25) is 4.99 Å². The number of pyridine rings is 1. The van der Waals surface area contributed by atoms with Crippen LogP contribution in [0.2, 0.25) is 5.15 Å². The smallest absolute Gasteiger partial charge is 0.191 e. The summed E-state index contributed by atoms with van der Waals surface area (Å²) in [6.07, 6.45) is 5.14. The van der Waals surface area contributed by atoms with Gasteiger partial charge in [0.15, 0.2) is 5.96 Å². The van der Waals surface area contributed by atoms with E-state index < -0.39 is 0 Å². The lowest BCUT2D eigenvalue weighted by molar-refractivity contribution is 0.121. The molecule has 1 aromatic heterocycles. The van der Waals surface area contributed by atoms with Crippen molar-refractivity contribution in [1.82, 2.24) is 20.5 Å². The van der Waals surface area contributed by atoms with Gasteiger partial charge in [-0.25, -0.2) is 4.98 Å². The first-order chi connectivity index (χ1) is 12.7. The molecule has 146 valence electrons. The fourth-order valence-electron chi connectivity index (χ4n) is 3.05. The largest absolute Gasteiger partial charge is 0.383 e. The standard InChI is InChI=1S/C19H32ClN5O/c1-3-21-19(22-9-6-16-4-5-18(20)23-14-16)24-15-17-7-10-25(11-8-17)12-13-26-2/h4-5,14,17H,3,6-13,15H2,1-2H3,(H2,21,22,24). The summed E-state index contributed by atoms with van der Waals surface area (Å²) in [6, 6.07) is 3.84. The highest BCUT2D eigenvalue weighted by Crippen LogP contribution is 2.17. The molecule has 0 atom stereocenters. The minimum atomic E-state index is 0.532. The number of aliphatic imine (C=N–C) groups is 1. The highest BCUT2D eigenvalue weighted by atomic mass is 35.5. The highest BCUT2D eigenvalue weighted by Gasteiger charge is 2.18. The molecule has 0 aromatic carbocycles. The first kappa shape index (κ1) is 20.9. The maximum absolute atomic E-state index is 5.82. The fraction of sp³-hybridized carbons (Fsp3) is 0.684. The topological polar surface area (TPSA) is 61.8 Å². The zero-order valence-electron chi connectivity index (χ0n) is 16.0. The molecule has 0 amide bonds. The van der Waals surface area contributed by atoms with Crippen LogP contribution in [0.5, 0.6) is 0 Å². The molecule has 1 aliphatic heterocycles. The Kier molecular flexibility index (Phi) is 9.74. The van der Waals surface area contributed by atoms with Gasteiger partial charge in [0.25, 0.3) is 0 Å². The number of likely N-dealkylation sites (tertiary alicyclic amines) is 1. The van der Waals surface area contributed by atoms with Crippen LogP contribution in [0.4, 0.5) is 0 Å². The third-order valence-electron chi connectivity index (χ3n) is 4.67. The number of guanidine groups is 1. The summed E-state index contributed by atoms with van der Waals surface area (Å²) in [6.45, 7) is 8.82. The minimum absolute atomic E-state index is 0.532. The minimum Gasteiger partial charge on any atom is -0.383 e. The third-order valence-corrected chi connectivity index (χ3v) is 4.89. The van der Waals surface area contributed by atoms with Gasteiger partial charge < -0.3 is 20.3 Å². The van der Waals surface area contributed by atoms with Crippen LogP contribution in [-0.2, 0) is 11.2 Å². The van der Waals surface area contributed by atoms with E-state index in [0.717, 1.165) is 58.3 Å². The van der Waals surface area contributed by atoms with Crippen molar-refractivity contribution in [1.29, 1.82) is 0 Å². The van der Waals surface area contributed by atoms with E-state index in [9.17, 15) is 0 Å². The fourth-order valence-corrected chi connectivity index (χ4v) is 3.17. The van der Waals surface area contributed by atoms with Crippen LogP contribution >= 0.6 is 11.6 Å². The Morgan fingerprint density at radius 3 is 2.81 bits per heavy atom. The van der Waals surface area contributed by atoms with Crippen molar-refractivity contribution >= 4 is 17.6 Å². The summed E-state index contributed by atoms with van der Waals surface area (Å²) in [5, 5.41) is 7.27. The van der Waals surface area contributed by atoms with Crippen LogP contribution < -0.4 is 10.6 Å². The maximum Gasteiger partial charge on any atom is 0.191 e. The van der Waals surface area contributed by atoms with Gasteiger partial charge in [-0.05, 0) is 56.8 Å². The monoisotopic (exact) mass is 381 g/mol. The molecule has 0 bridgehead atoms. The van der Waals surface area contributed by atoms with E-state index >= 15 is 0 Å². The molecule has 2 N–H and O–H groups in total. The molecule has 0 saturated carbocycles. The lowest BCUT2D eigenvalue weighted by Gasteiger charge is -2.31. The molecule has 7 heteroatoms. The van der Waals surface area contributed by atoms with E-state index in [0.29, 0.717) is 11.1 Å². The summed E-state index contributed by atoms with van der Waals surface area (Å²) in [7, 11) is 1.76. The van der Waals surface area contributed by atoms with Crippen LogP contribution in [0.15, 0.2) is 23.3 Å². The van der Waals surface area contributed by atoms with Crippen molar-refractivity contribution in [3.05, 3.63) is 29.0 Å². The van der Waals surface area contributed by atoms with E-state index in [1.165, 1.54) is 18.4 Å². The molecule has 26 heavy (non-hydrogen) atoms. The van der Waals surface area contributed by atoms with Crippen molar-refractivity contribution < 1.29 is 4.74 Å². The van der Waals surface area contributed by atoms with Crippen molar-refractivity contribution in [3.8, 4) is 0 Å². The van der Waals surface area contributed by atoms with Gasteiger partial charge in [0.05, 0.1) is 6.61 Å². The molecule has 0 unspecified atom stereocenters. The van der Waals surface area contributed by atoms with Crippen LogP contribution in [0.3, 0.4) is 0 Å². The number of nitrogens with one attached hydrogen (secondary N) is 2. The number of aromatic nitrogens is 1. The number of nitrogens with zero attached hydrogens (tertiary/aromatic N) is 3. The second-order valence-electron chi connectivity index (χ2n) is 6.66. The number of piperidine rings is 1. The molecule has 0 radical (unpaired) electrons. The second kappa shape index (κ2) is 12.1. The molecular formula is C19H32ClN5O. The number of halogens is 1.